The number of fused-ring (bicyclic) bond motifs is 1. The highest BCUT2D eigenvalue weighted by Crippen LogP contribution is 2.45. The SMILES string of the molecule is CC(=O)O[C@H]1/C=C(/C(C)C)[C@@H](O)/C=C(\C)CC/C=C(\C)CC[C@@H]2O[C@@]12C. The average molecular weight is 363 g/mol. The molecule has 26 heavy (non-hydrogen) atoms. The maximum absolute atomic E-state index is 11.7. The molecular formula is C22H34O4. The van der Waals surface area contributed by atoms with Crippen LogP contribution in [0.15, 0.2) is 34.9 Å². The van der Waals surface area contributed by atoms with Crippen LogP contribution in [0.2, 0.25) is 0 Å². The number of aliphatic hydroxyl groups is 1. The molecule has 4 heteroatoms. The zero-order valence-electron chi connectivity index (χ0n) is 17.0. The van der Waals surface area contributed by atoms with E-state index in [-0.39, 0.29) is 18.0 Å². The fourth-order valence-electron chi connectivity index (χ4n) is 3.63. The lowest BCUT2D eigenvalue weighted by atomic mass is 9.89. The van der Waals surface area contributed by atoms with Crippen molar-refractivity contribution >= 4 is 5.97 Å². The third kappa shape index (κ3) is 5.31. The molecule has 146 valence electrons. The predicted molar refractivity (Wildman–Crippen MR) is 104 cm³/mol. The van der Waals surface area contributed by atoms with Crippen LogP contribution in [0.3, 0.4) is 0 Å². The first-order valence-electron chi connectivity index (χ1n) is 9.71. The molecule has 0 aromatic carbocycles. The van der Waals surface area contributed by atoms with Gasteiger partial charge in [-0.3, -0.25) is 4.79 Å². The van der Waals surface area contributed by atoms with Crippen LogP contribution in [0, 0.1) is 5.92 Å². The number of hydrogen-bond donors (Lipinski definition) is 1. The molecule has 0 bridgehead atoms. The molecule has 4 atom stereocenters. The Morgan fingerprint density at radius 2 is 1.96 bits per heavy atom. The fraction of sp³-hybridized carbons (Fsp3) is 0.682. The number of carbonyl (C=O) groups excluding carboxylic acids is 1. The zero-order valence-corrected chi connectivity index (χ0v) is 17.0. The van der Waals surface area contributed by atoms with E-state index in [0.29, 0.717) is 0 Å². The molecule has 1 fully saturated rings. The summed E-state index contributed by atoms with van der Waals surface area (Å²) in [6, 6.07) is 0. The van der Waals surface area contributed by atoms with Gasteiger partial charge in [0.1, 0.15) is 5.60 Å². The van der Waals surface area contributed by atoms with E-state index in [1.165, 1.54) is 18.1 Å². The summed E-state index contributed by atoms with van der Waals surface area (Å²) in [7, 11) is 0. The third-order valence-corrected chi connectivity index (χ3v) is 5.46. The molecule has 0 unspecified atom stereocenters. The molecule has 1 N–H and O–H groups in total. The first kappa shape index (κ1) is 20.9. The van der Waals surface area contributed by atoms with Crippen molar-refractivity contribution in [1.29, 1.82) is 0 Å². The Labute approximate surface area is 158 Å². The molecule has 1 aliphatic carbocycles. The Hall–Kier alpha value is -1.39. The minimum Gasteiger partial charge on any atom is -0.455 e. The van der Waals surface area contributed by atoms with Crippen LogP contribution >= 0.6 is 0 Å². The molecule has 0 aromatic rings. The van der Waals surface area contributed by atoms with Crippen molar-refractivity contribution in [2.24, 2.45) is 5.92 Å². The molecule has 2 rings (SSSR count). The largest absolute Gasteiger partial charge is 0.455 e. The summed E-state index contributed by atoms with van der Waals surface area (Å²) in [4.78, 5) is 11.7. The van der Waals surface area contributed by atoms with Gasteiger partial charge in [-0.15, -0.1) is 0 Å². The average Bonchev–Trinajstić information content (AvgIpc) is 3.19. The molecule has 0 saturated carbocycles. The Morgan fingerprint density at radius 1 is 1.27 bits per heavy atom. The zero-order chi connectivity index (χ0) is 19.5. The molecule has 0 aromatic heterocycles. The van der Waals surface area contributed by atoms with Crippen molar-refractivity contribution in [3.63, 3.8) is 0 Å². The number of rotatable bonds is 2. The van der Waals surface area contributed by atoms with Gasteiger partial charge in [0.05, 0.1) is 12.2 Å². The van der Waals surface area contributed by atoms with Gasteiger partial charge < -0.3 is 14.6 Å². The van der Waals surface area contributed by atoms with Gasteiger partial charge in [0.15, 0.2) is 6.10 Å². The Bertz CT molecular complexity index is 614. The van der Waals surface area contributed by atoms with E-state index in [1.54, 1.807) is 0 Å². The van der Waals surface area contributed by atoms with Crippen molar-refractivity contribution in [3.8, 4) is 0 Å². The molecule has 1 aliphatic heterocycles. The first-order chi connectivity index (χ1) is 12.1. The summed E-state index contributed by atoms with van der Waals surface area (Å²) in [5, 5.41) is 10.8. The van der Waals surface area contributed by atoms with Crippen LogP contribution in [0.1, 0.15) is 67.2 Å². The van der Waals surface area contributed by atoms with Crippen molar-refractivity contribution < 1.29 is 19.4 Å². The second-order valence-electron chi connectivity index (χ2n) is 8.23. The maximum atomic E-state index is 11.7. The minimum atomic E-state index is -0.679. The van der Waals surface area contributed by atoms with E-state index < -0.39 is 17.8 Å². The van der Waals surface area contributed by atoms with Crippen LogP contribution in [0.5, 0.6) is 0 Å². The standard InChI is InChI=1S/C22H34O4/c1-14(2)18-13-21(25-17(5)23)22(6)20(26-22)11-10-15(3)8-7-9-16(4)12-19(18)24/h8,12-14,19-21,24H,7,9-11H2,1-6H3/b15-8+,16-12+,18-13-/t19-,20-,21-,22+/m0/s1. The Kier molecular flexibility index (Phi) is 6.86. The quantitative estimate of drug-likeness (QED) is 0.447. The number of allylic oxidation sites excluding steroid dienone is 3. The van der Waals surface area contributed by atoms with Gasteiger partial charge in [0.2, 0.25) is 0 Å². The van der Waals surface area contributed by atoms with Crippen LogP contribution in [0.25, 0.3) is 0 Å². The van der Waals surface area contributed by atoms with E-state index in [2.05, 4.69) is 19.9 Å². The second-order valence-corrected chi connectivity index (χ2v) is 8.23. The number of ether oxygens (including phenoxy) is 2. The van der Waals surface area contributed by atoms with Crippen LogP contribution in [-0.4, -0.2) is 35.0 Å². The molecular weight excluding hydrogens is 328 g/mol. The highest BCUT2D eigenvalue weighted by atomic mass is 16.6. The number of esters is 1. The molecule has 0 amide bonds. The van der Waals surface area contributed by atoms with Gasteiger partial charge in [-0.1, -0.05) is 37.1 Å². The van der Waals surface area contributed by atoms with Crippen molar-refractivity contribution in [1.82, 2.24) is 0 Å². The molecule has 1 heterocycles. The molecule has 1 saturated heterocycles. The first-order valence-corrected chi connectivity index (χ1v) is 9.71. The van der Waals surface area contributed by atoms with Gasteiger partial charge in [-0.25, -0.2) is 0 Å². The molecule has 0 spiro atoms. The van der Waals surface area contributed by atoms with Gasteiger partial charge in [-0.2, -0.15) is 0 Å². The monoisotopic (exact) mass is 362 g/mol. The fourth-order valence-corrected chi connectivity index (χ4v) is 3.63. The number of carbonyl (C=O) groups is 1. The molecule has 0 radical (unpaired) electrons. The highest BCUT2D eigenvalue weighted by molar-refractivity contribution is 5.66. The number of hydrogen-bond acceptors (Lipinski definition) is 4. The summed E-state index contributed by atoms with van der Waals surface area (Å²) in [5.74, 6) is -0.189. The summed E-state index contributed by atoms with van der Waals surface area (Å²) >= 11 is 0. The Balaban J connectivity index is 2.40. The lowest BCUT2D eigenvalue weighted by molar-refractivity contribution is -0.146. The summed E-state index contributed by atoms with van der Waals surface area (Å²) < 4.78 is 11.6. The smallest absolute Gasteiger partial charge is 0.303 e. The predicted octanol–water partition coefficient (Wildman–Crippen LogP) is 4.49. The molecule has 4 nitrogen and oxygen atoms in total. The summed E-state index contributed by atoms with van der Waals surface area (Å²) in [5.41, 5.74) is 2.88. The van der Waals surface area contributed by atoms with Gasteiger partial charge in [-0.05, 0) is 64.0 Å². The van der Waals surface area contributed by atoms with Gasteiger partial charge >= 0.3 is 5.97 Å². The van der Waals surface area contributed by atoms with E-state index in [4.69, 9.17) is 9.47 Å². The van der Waals surface area contributed by atoms with Crippen LogP contribution in [-0.2, 0) is 14.3 Å². The van der Waals surface area contributed by atoms with E-state index >= 15 is 0 Å². The number of epoxide rings is 1. The van der Waals surface area contributed by atoms with E-state index in [9.17, 15) is 9.90 Å². The van der Waals surface area contributed by atoms with Crippen LogP contribution in [0.4, 0.5) is 0 Å². The van der Waals surface area contributed by atoms with Crippen molar-refractivity contribution in [3.05, 3.63) is 34.9 Å². The van der Waals surface area contributed by atoms with Gasteiger partial charge in [0, 0.05) is 6.92 Å². The topological polar surface area (TPSA) is 59.1 Å². The van der Waals surface area contributed by atoms with Crippen molar-refractivity contribution in [2.45, 2.75) is 91.1 Å². The highest BCUT2D eigenvalue weighted by Gasteiger charge is 2.58. The lowest BCUT2D eigenvalue weighted by Crippen LogP contribution is -2.33. The maximum Gasteiger partial charge on any atom is 0.303 e. The minimum absolute atomic E-state index is 0.0669. The normalized spacial score (nSPS) is 39.4. The van der Waals surface area contributed by atoms with Crippen molar-refractivity contribution in [2.75, 3.05) is 0 Å². The summed E-state index contributed by atoms with van der Waals surface area (Å²) in [6.07, 6.45) is 8.83. The molecule has 2 aliphatic rings. The Morgan fingerprint density at radius 3 is 2.58 bits per heavy atom. The third-order valence-electron chi connectivity index (χ3n) is 5.46. The second kappa shape index (κ2) is 8.53. The van der Waals surface area contributed by atoms with Crippen LogP contribution < -0.4 is 0 Å². The van der Waals surface area contributed by atoms with E-state index in [0.717, 1.165) is 31.3 Å². The van der Waals surface area contributed by atoms with Gasteiger partial charge in [0.25, 0.3) is 0 Å². The summed E-state index contributed by atoms with van der Waals surface area (Å²) in [6.45, 7) is 11.7. The van der Waals surface area contributed by atoms with E-state index in [1.807, 2.05) is 32.9 Å². The number of aliphatic hydroxyl groups excluding tert-OH is 1. The lowest BCUT2D eigenvalue weighted by Gasteiger charge is -2.23.